The van der Waals surface area contributed by atoms with Gasteiger partial charge in [-0.25, -0.2) is 9.59 Å². The topological polar surface area (TPSA) is 146 Å². The second-order valence-corrected chi connectivity index (χ2v) is 19.4. The van der Waals surface area contributed by atoms with Crippen molar-refractivity contribution < 1.29 is 41.2 Å². The van der Waals surface area contributed by atoms with Gasteiger partial charge in [-0.15, -0.1) is 0 Å². The van der Waals surface area contributed by atoms with Crippen LogP contribution < -0.4 is 10.6 Å². The van der Waals surface area contributed by atoms with Crippen LogP contribution in [0.1, 0.15) is 120 Å². The summed E-state index contributed by atoms with van der Waals surface area (Å²) in [6.45, 7) is 18.0. The van der Waals surface area contributed by atoms with Crippen molar-refractivity contribution >= 4 is 28.3 Å². The first-order chi connectivity index (χ1) is 22.0. The number of esters is 1. The van der Waals surface area contributed by atoms with Crippen LogP contribution in [0, 0.1) is 46.3 Å². The summed E-state index contributed by atoms with van der Waals surface area (Å²) in [4.78, 5) is 39.0. The fourth-order valence-corrected chi connectivity index (χ4v) is 11.1. The number of amides is 2. The third-order valence-corrected chi connectivity index (χ3v) is 12.9. The average Bonchev–Trinajstić information content (AvgIpc) is 3.28. The van der Waals surface area contributed by atoms with E-state index in [9.17, 15) is 22.8 Å². The third kappa shape index (κ3) is 8.61. The van der Waals surface area contributed by atoms with E-state index in [1.165, 1.54) is 7.11 Å². The molecule has 0 radical (unpaired) electrons. The van der Waals surface area contributed by atoms with Crippen LogP contribution in [0.2, 0.25) is 0 Å². The predicted molar refractivity (Wildman–Crippen MR) is 182 cm³/mol. The van der Waals surface area contributed by atoms with Gasteiger partial charge in [0.25, 0.3) is 10.1 Å². The molecular formula is C36H62N2O9S. The molecule has 4 aliphatic rings. The summed E-state index contributed by atoms with van der Waals surface area (Å²) in [5, 5.41) is 6.65. The first kappa shape index (κ1) is 38.7. The van der Waals surface area contributed by atoms with Crippen LogP contribution in [-0.4, -0.2) is 69.3 Å². The van der Waals surface area contributed by atoms with Crippen LogP contribution >= 0.6 is 0 Å². The fraction of sp³-hybridized carbons (Fsp3) is 0.917. The number of fused-ring (bicyclic) bond motifs is 5. The van der Waals surface area contributed by atoms with Gasteiger partial charge in [0, 0.05) is 18.5 Å². The van der Waals surface area contributed by atoms with E-state index in [1.807, 2.05) is 41.5 Å². The molecule has 4 saturated carbocycles. The Bertz CT molecular complexity index is 1310. The van der Waals surface area contributed by atoms with Gasteiger partial charge in [-0.05, 0) is 139 Å². The predicted octanol–water partition coefficient (Wildman–Crippen LogP) is 6.59. The number of alkyl carbamates (subject to hydrolysis) is 2. The molecule has 4 fully saturated rings. The highest BCUT2D eigenvalue weighted by Gasteiger charge is 2.66. The van der Waals surface area contributed by atoms with Crippen molar-refractivity contribution in [3.05, 3.63) is 0 Å². The fourth-order valence-electron chi connectivity index (χ4n) is 10.5. The van der Waals surface area contributed by atoms with Gasteiger partial charge in [0.15, 0.2) is 0 Å². The summed E-state index contributed by atoms with van der Waals surface area (Å²) in [6, 6.07) is -0.398. The second kappa shape index (κ2) is 13.9. The van der Waals surface area contributed by atoms with Gasteiger partial charge in [0.05, 0.1) is 19.5 Å². The van der Waals surface area contributed by atoms with Gasteiger partial charge in [-0.2, -0.15) is 8.42 Å². The molecule has 2 amide bonds. The lowest BCUT2D eigenvalue weighted by Gasteiger charge is -2.65. The molecule has 0 saturated heterocycles. The van der Waals surface area contributed by atoms with Gasteiger partial charge in [0.2, 0.25) is 0 Å². The number of hydrogen-bond donors (Lipinski definition) is 2. The Kier molecular flexibility index (Phi) is 11.2. The molecule has 0 bridgehead atoms. The van der Waals surface area contributed by atoms with Gasteiger partial charge in [-0.3, -0.25) is 8.98 Å². The molecule has 0 aromatic carbocycles. The maximum Gasteiger partial charge on any atom is 0.407 e. The Labute approximate surface area is 288 Å². The monoisotopic (exact) mass is 698 g/mol. The molecule has 0 spiro atoms. The zero-order chi connectivity index (χ0) is 36.0. The number of hydrogen-bond acceptors (Lipinski definition) is 9. The van der Waals surface area contributed by atoms with Crippen LogP contribution in [0.5, 0.6) is 0 Å². The highest BCUT2D eigenvalue weighted by molar-refractivity contribution is 7.86. The van der Waals surface area contributed by atoms with Crippen molar-refractivity contribution in [1.82, 2.24) is 10.6 Å². The minimum absolute atomic E-state index is 0.0990. The lowest BCUT2D eigenvalue weighted by molar-refractivity contribution is -0.150. The third-order valence-electron chi connectivity index (χ3n) is 12.3. The van der Waals surface area contributed by atoms with Crippen LogP contribution in [0.3, 0.4) is 0 Å². The summed E-state index contributed by atoms with van der Waals surface area (Å²) in [7, 11) is -2.21. The molecule has 0 aromatic heterocycles. The van der Waals surface area contributed by atoms with E-state index < -0.39 is 39.6 Å². The van der Waals surface area contributed by atoms with Crippen LogP contribution in [-0.2, 0) is 33.3 Å². The Morgan fingerprint density at radius 1 is 0.875 bits per heavy atom. The van der Waals surface area contributed by atoms with Crippen LogP contribution in [0.25, 0.3) is 0 Å². The minimum Gasteiger partial charge on any atom is -0.469 e. The lowest BCUT2D eigenvalue weighted by atomic mass is 9.42. The Morgan fingerprint density at radius 3 is 2.04 bits per heavy atom. The highest BCUT2D eigenvalue weighted by atomic mass is 32.2. The Morgan fingerprint density at radius 2 is 1.48 bits per heavy atom. The zero-order valence-corrected chi connectivity index (χ0v) is 32.0. The lowest BCUT2D eigenvalue weighted by Crippen LogP contribution is -2.67. The molecular weight excluding hydrogens is 636 g/mol. The summed E-state index contributed by atoms with van der Waals surface area (Å²) < 4.78 is 46.3. The quantitative estimate of drug-likeness (QED) is 0.163. The van der Waals surface area contributed by atoms with Gasteiger partial charge in [-0.1, -0.05) is 20.8 Å². The molecule has 276 valence electrons. The molecule has 12 heteroatoms. The van der Waals surface area contributed by atoms with E-state index in [-0.39, 0.29) is 64.4 Å². The summed E-state index contributed by atoms with van der Waals surface area (Å²) in [5.74, 6) is 0.720. The Hall–Kier alpha value is -2.08. The molecule has 11 atom stereocenters. The molecule has 48 heavy (non-hydrogen) atoms. The van der Waals surface area contributed by atoms with Crippen molar-refractivity contribution in [2.75, 3.05) is 13.4 Å². The first-order valence-corrected chi connectivity index (χ1v) is 19.7. The molecule has 11 nitrogen and oxygen atoms in total. The van der Waals surface area contributed by atoms with Gasteiger partial charge >= 0.3 is 18.2 Å². The maximum absolute atomic E-state index is 13.5. The largest absolute Gasteiger partial charge is 0.469 e. The maximum atomic E-state index is 13.5. The van der Waals surface area contributed by atoms with E-state index in [1.54, 1.807) is 0 Å². The van der Waals surface area contributed by atoms with Crippen LogP contribution in [0.4, 0.5) is 9.59 Å². The highest BCUT2D eigenvalue weighted by Crippen LogP contribution is 2.68. The molecule has 4 rings (SSSR count). The first-order valence-electron chi connectivity index (χ1n) is 17.9. The van der Waals surface area contributed by atoms with Crippen molar-refractivity contribution in [2.45, 2.75) is 149 Å². The van der Waals surface area contributed by atoms with E-state index in [2.05, 4.69) is 31.4 Å². The van der Waals surface area contributed by atoms with E-state index in [0.717, 1.165) is 25.5 Å². The van der Waals surface area contributed by atoms with E-state index in [4.69, 9.17) is 18.4 Å². The smallest absolute Gasteiger partial charge is 0.407 e. The van der Waals surface area contributed by atoms with Gasteiger partial charge in [0.1, 0.15) is 11.2 Å². The zero-order valence-electron chi connectivity index (χ0n) is 31.1. The van der Waals surface area contributed by atoms with Crippen molar-refractivity contribution in [3.8, 4) is 0 Å². The number of nitrogens with one attached hydrogen (secondary N) is 2. The van der Waals surface area contributed by atoms with Crippen molar-refractivity contribution in [3.63, 3.8) is 0 Å². The standard InChI is InChI=1S/C36H62N2O9S/c1-21(12-15-29(39)44-10)24-13-14-25-30-26(20-28(36(24,25)9)38-32(41)46-34(5,6)7)35(8)17-16-23(47-48(11,42)43)18-22(35)19-27(30)37-31(40)45-33(2,3)4/h21-28,30H,12-20H2,1-11H3,(H,37,40)(H,38,41)/t21-,22+,23+,24-,25+,26+,27-,28+,30+,35+,36-/m1/s1. The summed E-state index contributed by atoms with van der Waals surface area (Å²) >= 11 is 0. The Balaban J connectivity index is 1.76. The average molecular weight is 699 g/mol. The molecule has 0 aromatic rings. The minimum atomic E-state index is -3.62. The molecule has 0 aliphatic heterocycles. The normalized spacial score (nSPS) is 37.2. The second-order valence-electron chi connectivity index (χ2n) is 17.8. The van der Waals surface area contributed by atoms with Crippen LogP contribution in [0.15, 0.2) is 0 Å². The molecule has 4 aliphatic carbocycles. The van der Waals surface area contributed by atoms with E-state index >= 15 is 0 Å². The van der Waals surface area contributed by atoms with E-state index in [0.29, 0.717) is 38.5 Å². The number of carbonyl (C=O) groups excluding carboxylic acids is 3. The summed E-state index contributed by atoms with van der Waals surface area (Å²) in [6.07, 6.45) is 6.11. The SMILES string of the molecule is COC(=O)CC[C@@H](C)[C@H]1CC[C@H]2[C@@H]3[C@H](NC(=O)OC(C)(C)C)C[C@@H]4C[C@@H](OS(C)(=O)=O)CC[C@]4(C)[C@H]3C[C@H](NC(=O)OC(C)(C)C)[C@]12C. The molecule has 0 unspecified atom stereocenters. The summed E-state index contributed by atoms with van der Waals surface area (Å²) in [5.41, 5.74) is -1.81. The van der Waals surface area contributed by atoms with Crippen molar-refractivity contribution in [1.29, 1.82) is 0 Å². The molecule has 2 N–H and O–H groups in total. The number of carbonyl (C=O) groups is 3. The molecule has 0 heterocycles. The number of rotatable bonds is 8. The van der Waals surface area contributed by atoms with Crippen molar-refractivity contribution in [2.24, 2.45) is 46.3 Å². The van der Waals surface area contributed by atoms with Gasteiger partial charge < -0.3 is 24.8 Å². The number of methoxy groups -OCH3 is 1. The number of ether oxygens (including phenoxy) is 3.